The SMILES string of the molecule is COc1ccc(NC(=O)[C@@H]2CCCN(C(=O)c3cccs3)C2)cc1N1CCCCC1=O. The number of rotatable bonds is 5. The van der Waals surface area contributed by atoms with E-state index in [1.165, 1.54) is 11.3 Å². The summed E-state index contributed by atoms with van der Waals surface area (Å²) in [5, 5.41) is 4.87. The second-order valence-corrected chi connectivity index (χ2v) is 8.89. The number of amides is 3. The van der Waals surface area contributed by atoms with Gasteiger partial charge in [0.25, 0.3) is 5.91 Å². The Hall–Kier alpha value is -2.87. The lowest BCUT2D eigenvalue weighted by Gasteiger charge is -2.32. The molecule has 164 valence electrons. The van der Waals surface area contributed by atoms with Crippen molar-refractivity contribution in [1.82, 2.24) is 4.90 Å². The van der Waals surface area contributed by atoms with Crippen LogP contribution in [0.3, 0.4) is 0 Å². The lowest BCUT2D eigenvalue weighted by molar-refractivity contribution is -0.121. The molecule has 0 spiro atoms. The zero-order chi connectivity index (χ0) is 21.8. The van der Waals surface area contributed by atoms with Gasteiger partial charge in [0, 0.05) is 31.7 Å². The van der Waals surface area contributed by atoms with Gasteiger partial charge in [-0.25, -0.2) is 0 Å². The molecule has 1 aromatic carbocycles. The van der Waals surface area contributed by atoms with Crippen LogP contribution in [0.2, 0.25) is 0 Å². The fraction of sp³-hybridized carbons (Fsp3) is 0.435. The summed E-state index contributed by atoms with van der Waals surface area (Å²) < 4.78 is 5.45. The van der Waals surface area contributed by atoms with Crippen molar-refractivity contribution in [3.63, 3.8) is 0 Å². The van der Waals surface area contributed by atoms with Crippen LogP contribution in [0.1, 0.15) is 41.8 Å². The maximum Gasteiger partial charge on any atom is 0.263 e. The summed E-state index contributed by atoms with van der Waals surface area (Å²) in [5.74, 6) is 0.300. The van der Waals surface area contributed by atoms with Crippen LogP contribution < -0.4 is 15.0 Å². The van der Waals surface area contributed by atoms with E-state index >= 15 is 0 Å². The minimum Gasteiger partial charge on any atom is -0.495 e. The van der Waals surface area contributed by atoms with Crippen molar-refractivity contribution in [2.45, 2.75) is 32.1 Å². The van der Waals surface area contributed by atoms with E-state index in [0.29, 0.717) is 48.1 Å². The average molecular weight is 442 g/mol. The van der Waals surface area contributed by atoms with Crippen LogP contribution in [-0.4, -0.2) is 49.4 Å². The second-order valence-electron chi connectivity index (χ2n) is 7.95. The number of likely N-dealkylation sites (tertiary alicyclic amines) is 1. The quantitative estimate of drug-likeness (QED) is 0.766. The molecule has 0 unspecified atom stereocenters. The van der Waals surface area contributed by atoms with Gasteiger partial charge in [-0.05, 0) is 55.3 Å². The number of ether oxygens (including phenoxy) is 1. The summed E-state index contributed by atoms with van der Waals surface area (Å²) in [7, 11) is 1.58. The lowest BCUT2D eigenvalue weighted by atomic mass is 9.96. The standard InChI is InChI=1S/C23H27N3O4S/c1-30-19-10-9-17(14-18(19)26-12-3-2-8-21(26)27)24-22(28)16-6-4-11-25(15-16)23(29)20-7-5-13-31-20/h5,7,9-10,13-14,16H,2-4,6,8,11-12,15H2,1H3,(H,24,28)/t16-/m1/s1. The van der Waals surface area contributed by atoms with Crippen LogP contribution in [0.5, 0.6) is 5.75 Å². The van der Waals surface area contributed by atoms with Crippen molar-refractivity contribution >= 4 is 40.4 Å². The predicted molar refractivity (Wildman–Crippen MR) is 121 cm³/mol. The van der Waals surface area contributed by atoms with Gasteiger partial charge in [-0.3, -0.25) is 14.4 Å². The van der Waals surface area contributed by atoms with Crippen molar-refractivity contribution in [2.24, 2.45) is 5.92 Å². The molecule has 4 rings (SSSR count). The topological polar surface area (TPSA) is 79.0 Å². The molecule has 0 radical (unpaired) electrons. The number of nitrogens with one attached hydrogen (secondary N) is 1. The number of carbonyl (C=O) groups is 3. The molecule has 2 aromatic rings. The summed E-state index contributed by atoms with van der Waals surface area (Å²) in [5.41, 5.74) is 1.31. The molecule has 3 heterocycles. The first kappa shape index (κ1) is 21.4. The summed E-state index contributed by atoms with van der Waals surface area (Å²) >= 11 is 1.42. The molecule has 1 N–H and O–H groups in total. The van der Waals surface area contributed by atoms with Gasteiger partial charge in [0.05, 0.1) is 23.6 Å². The van der Waals surface area contributed by atoms with Crippen molar-refractivity contribution in [3.8, 4) is 5.75 Å². The highest BCUT2D eigenvalue weighted by molar-refractivity contribution is 7.12. The highest BCUT2D eigenvalue weighted by Crippen LogP contribution is 2.34. The smallest absolute Gasteiger partial charge is 0.263 e. The molecule has 0 bridgehead atoms. The summed E-state index contributed by atoms with van der Waals surface area (Å²) in [6.45, 7) is 1.73. The monoisotopic (exact) mass is 441 g/mol. The van der Waals surface area contributed by atoms with Crippen molar-refractivity contribution in [2.75, 3.05) is 37.0 Å². The molecule has 1 aromatic heterocycles. The minimum atomic E-state index is -0.264. The molecule has 1 atom stereocenters. The first-order valence-electron chi connectivity index (χ1n) is 10.7. The Kier molecular flexibility index (Phi) is 6.56. The van der Waals surface area contributed by atoms with E-state index < -0.39 is 0 Å². The van der Waals surface area contributed by atoms with E-state index in [1.54, 1.807) is 35.1 Å². The largest absolute Gasteiger partial charge is 0.495 e. The van der Waals surface area contributed by atoms with E-state index in [4.69, 9.17) is 4.74 Å². The average Bonchev–Trinajstić information content (AvgIpc) is 3.34. The van der Waals surface area contributed by atoms with Gasteiger partial charge in [0.15, 0.2) is 0 Å². The van der Waals surface area contributed by atoms with Crippen LogP contribution in [-0.2, 0) is 9.59 Å². The number of nitrogens with zero attached hydrogens (tertiary/aromatic N) is 2. The molecule has 2 aliphatic rings. The van der Waals surface area contributed by atoms with Crippen molar-refractivity contribution in [1.29, 1.82) is 0 Å². The first-order valence-corrected chi connectivity index (χ1v) is 11.6. The summed E-state index contributed by atoms with van der Waals surface area (Å²) in [4.78, 5) is 42.2. The van der Waals surface area contributed by atoms with Gasteiger partial charge in [0.2, 0.25) is 11.8 Å². The Morgan fingerprint density at radius 2 is 2.03 bits per heavy atom. The van der Waals surface area contributed by atoms with Crippen LogP contribution in [0.25, 0.3) is 0 Å². The van der Waals surface area contributed by atoms with Crippen LogP contribution in [0, 0.1) is 5.92 Å². The number of carbonyl (C=O) groups excluding carboxylic acids is 3. The number of methoxy groups -OCH3 is 1. The maximum atomic E-state index is 13.0. The molecule has 7 nitrogen and oxygen atoms in total. The van der Waals surface area contributed by atoms with Crippen LogP contribution in [0.4, 0.5) is 11.4 Å². The number of piperidine rings is 2. The summed E-state index contributed by atoms with van der Waals surface area (Å²) in [6.07, 6.45) is 3.91. The fourth-order valence-electron chi connectivity index (χ4n) is 4.22. The van der Waals surface area contributed by atoms with Gasteiger partial charge in [-0.15, -0.1) is 11.3 Å². The Balaban J connectivity index is 1.46. The van der Waals surface area contributed by atoms with Crippen LogP contribution in [0.15, 0.2) is 35.7 Å². The molecule has 2 saturated heterocycles. The molecule has 2 aliphatic heterocycles. The molecule has 8 heteroatoms. The first-order chi connectivity index (χ1) is 15.1. The second kappa shape index (κ2) is 9.51. The number of hydrogen-bond donors (Lipinski definition) is 1. The highest BCUT2D eigenvalue weighted by Gasteiger charge is 2.30. The zero-order valence-corrected chi connectivity index (χ0v) is 18.5. The molecule has 0 aliphatic carbocycles. The minimum absolute atomic E-state index is 0.0113. The third kappa shape index (κ3) is 4.74. The number of hydrogen-bond acceptors (Lipinski definition) is 5. The molecule has 2 fully saturated rings. The maximum absolute atomic E-state index is 13.0. The summed E-state index contributed by atoms with van der Waals surface area (Å²) in [6, 6.07) is 9.04. The molecular formula is C23H27N3O4S. The Labute approximate surface area is 186 Å². The van der Waals surface area contributed by atoms with Gasteiger partial charge >= 0.3 is 0 Å². The van der Waals surface area contributed by atoms with Gasteiger partial charge < -0.3 is 19.9 Å². The Morgan fingerprint density at radius 3 is 2.77 bits per heavy atom. The van der Waals surface area contributed by atoms with E-state index in [1.807, 2.05) is 17.5 Å². The number of anilines is 2. The third-order valence-corrected chi connectivity index (χ3v) is 6.73. The third-order valence-electron chi connectivity index (χ3n) is 5.87. The van der Waals surface area contributed by atoms with E-state index in [0.717, 1.165) is 25.7 Å². The molecule has 0 saturated carbocycles. The Morgan fingerprint density at radius 1 is 1.16 bits per heavy atom. The fourth-order valence-corrected chi connectivity index (χ4v) is 4.91. The van der Waals surface area contributed by atoms with Crippen LogP contribution >= 0.6 is 11.3 Å². The van der Waals surface area contributed by atoms with Crippen molar-refractivity contribution in [3.05, 3.63) is 40.6 Å². The number of thiophene rings is 1. The van der Waals surface area contributed by atoms with Gasteiger partial charge in [-0.1, -0.05) is 6.07 Å². The van der Waals surface area contributed by atoms with E-state index in [9.17, 15) is 14.4 Å². The zero-order valence-electron chi connectivity index (χ0n) is 17.6. The normalized spacial score (nSPS) is 19.3. The predicted octanol–water partition coefficient (Wildman–Crippen LogP) is 3.76. The van der Waals surface area contributed by atoms with E-state index in [2.05, 4.69) is 5.32 Å². The van der Waals surface area contributed by atoms with Gasteiger partial charge in [0.1, 0.15) is 5.75 Å². The Bertz CT molecular complexity index is 960. The molecule has 31 heavy (non-hydrogen) atoms. The highest BCUT2D eigenvalue weighted by atomic mass is 32.1. The van der Waals surface area contributed by atoms with Gasteiger partial charge in [-0.2, -0.15) is 0 Å². The van der Waals surface area contributed by atoms with E-state index in [-0.39, 0.29) is 23.6 Å². The lowest BCUT2D eigenvalue weighted by Crippen LogP contribution is -2.43. The number of benzene rings is 1. The van der Waals surface area contributed by atoms with Crippen molar-refractivity contribution < 1.29 is 19.1 Å². The molecular weight excluding hydrogens is 414 g/mol. The molecule has 3 amide bonds.